The Balaban J connectivity index is 5.87. The normalized spacial score (nSPS) is 15.0. The van der Waals surface area contributed by atoms with Crippen LogP contribution in [0.15, 0.2) is 24.3 Å². The number of carbonyl (C=O) groups is 6. The Labute approximate surface area is 688 Å². The van der Waals surface area contributed by atoms with Crippen LogP contribution in [0.1, 0.15) is 375 Å². The van der Waals surface area contributed by atoms with Crippen molar-refractivity contribution in [1.29, 1.82) is 0 Å². The second-order valence-corrected chi connectivity index (χ2v) is 33.8. The van der Waals surface area contributed by atoms with E-state index in [1.165, 1.54) is 89.9 Å². The van der Waals surface area contributed by atoms with E-state index in [0.29, 0.717) is 51.4 Å². The highest BCUT2D eigenvalue weighted by molar-refractivity contribution is 7.47. The summed E-state index contributed by atoms with van der Waals surface area (Å²) in [5.74, 6) is -4.39. The maximum atomic E-state index is 13.8. The molecule has 0 saturated carbocycles. The van der Waals surface area contributed by atoms with Gasteiger partial charge in [-0.05, 0) is 103 Å². The van der Waals surface area contributed by atoms with Gasteiger partial charge in [-0.15, -0.1) is 0 Å². The van der Waals surface area contributed by atoms with Gasteiger partial charge in [0, 0.05) is 39.1 Å². The van der Waals surface area contributed by atoms with E-state index in [1.807, 2.05) is 0 Å². The molecule has 0 heterocycles. The molecule has 0 aromatic heterocycles. The van der Waals surface area contributed by atoms with Gasteiger partial charge in [0.15, 0.2) is 12.2 Å². The molecule has 28 heteroatoms. The molecule has 6 unspecified atom stereocenters. The van der Waals surface area contributed by atoms with Gasteiger partial charge in [-0.1, -0.05) is 271 Å². The molecule has 0 aliphatic carbocycles. The van der Waals surface area contributed by atoms with E-state index in [2.05, 4.69) is 87.1 Å². The monoisotopic (exact) mass is 1670 g/mol. The van der Waals surface area contributed by atoms with E-state index >= 15 is 0 Å². The van der Waals surface area contributed by atoms with E-state index in [4.69, 9.17) is 37.0 Å². The third-order valence-electron chi connectivity index (χ3n) is 19.8. The van der Waals surface area contributed by atoms with E-state index in [9.17, 15) is 68.1 Å². The molecule has 0 aromatic carbocycles. The van der Waals surface area contributed by atoms with E-state index < -0.39 is 139 Å². The van der Waals surface area contributed by atoms with Crippen LogP contribution in [-0.4, -0.2) is 180 Å². The van der Waals surface area contributed by atoms with Crippen molar-refractivity contribution in [3.05, 3.63) is 24.3 Å². The quantitative estimate of drug-likeness (QED) is 0.0117. The highest BCUT2D eigenvalue weighted by Crippen LogP contribution is 2.44. The molecule has 0 aliphatic heterocycles. The number of allylic oxidation sites excluding steroid dienone is 4. The fourth-order valence-corrected chi connectivity index (χ4v) is 14.4. The van der Waals surface area contributed by atoms with Crippen molar-refractivity contribution in [2.24, 2.45) is 0 Å². The van der Waals surface area contributed by atoms with Gasteiger partial charge in [0.1, 0.15) is 12.2 Å². The molecule has 0 spiro atoms. The summed E-state index contributed by atoms with van der Waals surface area (Å²) in [6, 6.07) is -2.03. The number of rotatable bonds is 85. The minimum Gasteiger partial charge on any atom is -0.462 e. The van der Waals surface area contributed by atoms with E-state index in [1.54, 1.807) is 0 Å². The standard InChI is InChI=1S/C86H164N4O22P2/c1-7-13-19-25-29-33-37-43-49-55-77(111-81(95)57-51-45-39-35-31-27-21-15-9-3)67-79(93)89-73(69-105-63-59-75(91)53-47-41-23-17-11-5)71-109-113(101,102)107-65-61-87-85(99)83(97)84(98)86(100)88-62-66-108-114(103,104)110-72-74(70-106-64-60-76(92)54-48-42-24-18-12-6)90-80(94)68-78(56-50-44-38-34-30-26-20-14-8-2)112-82(96)58-52-46-40-36-32-28-22-16-10-4/h35-36,39-40,73-78,83-84,91-92,97-98H,7-34,37-38,41-72H2,1-6H3,(H,87,99)(H,88,100)(H,89,93)(H,90,94)(H,101,102)(H,103,104)/b39-35+,40-36+/t73?,74?,75-,76-,77?,78?,83+,84+/m1/s1. The highest BCUT2D eigenvalue weighted by Gasteiger charge is 2.32. The SMILES string of the molecule is CCCCCC/C=C/CCCC(=O)OC(CCCCCCCCCCC)CC(=O)NC(COCC[C@H](O)CCCCCCC)COP(=O)(O)OCCNC(=O)[C@@H](O)[C@H](O)C(=O)NCCOP(=O)(O)OCC(COCC[C@H](O)CCCCCCC)NC(=O)CC(CCCCCCCCCCC)OC(=O)CCC/C=C/CCCCCC. The second-order valence-electron chi connectivity index (χ2n) is 30.9. The molecule has 670 valence electrons. The molecule has 0 fully saturated rings. The van der Waals surface area contributed by atoms with E-state index in [0.717, 1.165) is 167 Å². The minimum atomic E-state index is -4.92. The zero-order chi connectivity index (χ0) is 84.2. The molecule has 0 bridgehead atoms. The molecule has 26 nitrogen and oxygen atoms in total. The summed E-state index contributed by atoms with van der Waals surface area (Å²) < 4.78 is 70.8. The zero-order valence-electron chi connectivity index (χ0n) is 71.9. The predicted octanol–water partition coefficient (Wildman–Crippen LogP) is 17.3. The second kappa shape index (κ2) is 77.9. The van der Waals surface area contributed by atoms with Crippen molar-refractivity contribution < 1.29 is 105 Å². The largest absolute Gasteiger partial charge is 0.472 e. The molecule has 0 rings (SSSR count). The van der Waals surface area contributed by atoms with Gasteiger partial charge in [0.25, 0.3) is 11.8 Å². The number of ether oxygens (including phenoxy) is 4. The third kappa shape index (κ3) is 71.2. The number of carbonyl (C=O) groups excluding carboxylic acids is 6. The van der Waals surface area contributed by atoms with Crippen molar-refractivity contribution in [1.82, 2.24) is 21.3 Å². The number of nitrogens with one attached hydrogen (secondary N) is 4. The molecular weight excluding hydrogens is 1500 g/mol. The number of hydrogen-bond acceptors (Lipinski definition) is 20. The number of aliphatic hydroxyl groups is 4. The van der Waals surface area contributed by atoms with Crippen LogP contribution in [0.5, 0.6) is 0 Å². The first-order valence-electron chi connectivity index (χ1n) is 45.0. The molecule has 0 aliphatic rings. The lowest BCUT2D eigenvalue weighted by Gasteiger charge is -2.23. The zero-order valence-corrected chi connectivity index (χ0v) is 73.7. The summed E-state index contributed by atoms with van der Waals surface area (Å²) in [6.07, 6.45) is 47.7. The molecule has 4 amide bonds. The lowest BCUT2D eigenvalue weighted by atomic mass is 10.0. The minimum absolute atomic E-state index is 0.111. The van der Waals surface area contributed by atoms with Crippen LogP contribution in [0.2, 0.25) is 0 Å². The van der Waals surface area contributed by atoms with Crippen molar-refractivity contribution in [2.75, 3.05) is 65.9 Å². The number of hydrogen-bond donors (Lipinski definition) is 10. The number of phosphoric ester groups is 2. The highest BCUT2D eigenvalue weighted by atomic mass is 31.2. The van der Waals surface area contributed by atoms with Crippen LogP contribution in [0, 0.1) is 0 Å². The first-order valence-corrected chi connectivity index (χ1v) is 48.0. The van der Waals surface area contributed by atoms with E-state index in [-0.39, 0.29) is 52.1 Å². The van der Waals surface area contributed by atoms with Crippen LogP contribution in [-0.2, 0) is 74.9 Å². The molecule has 0 saturated heterocycles. The molecule has 10 N–H and O–H groups in total. The Morgan fingerprint density at radius 3 is 0.930 bits per heavy atom. The third-order valence-corrected chi connectivity index (χ3v) is 21.8. The average molecular weight is 1670 g/mol. The van der Waals surface area contributed by atoms with Crippen LogP contribution in [0.3, 0.4) is 0 Å². The van der Waals surface area contributed by atoms with Gasteiger partial charge < -0.3 is 70.4 Å². The molecule has 0 aromatic rings. The van der Waals surface area contributed by atoms with Gasteiger partial charge in [0.2, 0.25) is 11.8 Å². The number of phosphoric acid groups is 2. The van der Waals surface area contributed by atoms with Gasteiger partial charge in [-0.3, -0.25) is 46.9 Å². The first-order chi connectivity index (χ1) is 55.0. The van der Waals surface area contributed by atoms with Crippen LogP contribution in [0.4, 0.5) is 0 Å². The van der Waals surface area contributed by atoms with Crippen molar-refractivity contribution in [2.45, 2.75) is 424 Å². The smallest absolute Gasteiger partial charge is 0.462 e. The maximum Gasteiger partial charge on any atom is 0.472 e. The summed E-state index contributed by atoms with van der Waals surface area (Å²) in [4.78, 5) is 101. The van der Waals surface area contributed by atoms with Crippen molar-refractivity contribution in [3.8, 4) is 0 Å². The summed E-state index contributed by atoms with van der Waals surface area (Å²) in [5, 5.41) is 52.5. The summed E-state index contributed by atoms with van der Waals surface area (Å²) in [6.45, 7) is 9.28. The molecule has 0 radical (unpaired) electrons. The molecule has 10 atom stereocenters. The summed E-state index contributed by atoms with van der Waals surface area (Å²) in [7, 11) is -9.85. The fraction of sp³-hybridized carbons (Fsp3) is 0.884. The van der Waals surface area contributed by atoms with Crippen molar-refractivity contribution >= 4 is 51.2 Å². The number of esters is 2. The number of unbranched alkanes of at least 4 members (excludes halogenated alkanes) is 34. The predicted molar refractivity (Wildman–Crippen MR) is 451 cm³/mol. The molecular formula is C86H164N4O22P2. The Hall–Kier alpha value is -3.72. The molecule has 114 heavy (non-hydrogen) atoms. The van der Waals surface area contributed by atoms with Gasteiger partial charge >= 0.3 is 27.6 Å². The Morgan fingerprint density at radius 1 is 0.333 bits per heavy atom. The van der Waals surface area contributed by atoms with Gasteiger partial charge in [-0.25, -0.2) is 9.13 Å². The van der Waals surface area contributed by atoms with Crippen LogP contribution in [0.25, 0.3) is 0 Å². The lowest BCUT2D eigenvalue weighted by Crippen LogP contribution is -2.50. The van der Waals surface area contributed by atoms with Crippen LogP contribution < -0.4 is 21.3 Å². The van der Waals surface area contributed by atoms with Gasteiger partial charge in [0.05, 0.1) is 76.8 Å². The van der Waals surface area contributed by atoms with Crippen molar-refractivity contribution in [3.63, 3.8) is 0 Å². The first kappa shape index (κ1) is 110. The average Bonchev–Trinajstić information content (AvgIpc) is 0.845. The summed E-state index contributed by atoms with van der Waals surface area (Å²) >= 11 is 0. The van der Waals surface area contributed by atoms with Crippen LogP contribution >= 0.6 is 15.6 Å². The Morgan fingerprint density at radius 2 is 0.614 bits per heavy atom. The maximum absolute atomic E-state index is 13.8. The van der Waals surface area contributed by atoms with Gasteiger partial charge in [-0.2, -0.15) is 0 Å². The summed E-state index contributed by atoms with van der Waals surface area (Å²) in [5.41, 5.74) is 0. The lowest BCUT2D eigenvalue weighted by molar-refractivity contribution is -0.152. The number of amides is 4. The topological polar surface area (TPSA) is 380 Å². The fourth-order valence-electron chi connectivity index (χ4n) is 12.8. The Kier molecular flexibility index (Phi) is 75.3. The number of aliphatic hydroxyl groups excluding tert-OH is 4. The Bertz CT molecular complexity index is 2320.